The number of imide groups is 1. The molecule has 1 aromatic heterocycles. The molecule has 9 heteroatoms. The van der Waals surface area contributed by atoms with Gasteiger partial charge in [-0.1, -0.05) is 30.0 Å². The average molecular weight is 362 g/mol. The highest BCUT2D eigenvalue weighted by Crippen LogP contribution is 2.24. The Hall–Kier alpha value is -2.55. The molecule has 3 rings (SSSR count). The summed E-state index contributed by atoms with van der Waals surface area (Å²) in [5.74, 6) is -0.619. The van der Waals surface area contributed by atoms with Gasteiger partial charge in [-0.2, -0.15) is 0 Å². The van der Waals surface area contributed by atoms with E-state index in [4.69, 9.17) is 4.42 Å². The molecule has 1 aromatic carbocycles. The van der Waals surface area contributed by atoms with E-state index >= 15 is 0 Å². The Bertz CT molecular complexity index is 851. The first kappa shape index (κ1) is 17.3. The van der Waals surface area contributed by atoms with Crippen LogP contribution in [0.25, 0.3) is 0 Å². The topological polar surface area (TPSA) is 88.7 Å². The zero-order valence-corrected chi connectivity index (χ0v) is 14.4. The summed E-state index contributed by atoms with van der Waals surface area (Å²) < 4.78 is 19.1. The maximum Gasteiger partial charge on any atom is 0.349 e. The van der Waals surface area contributed by atoms with Gasteiger partial charge in [0.1, 0.15) is 5.82 Å². The second-order valence-electron chi connectivity index (χ2n) is 5.53. The fraction of sp³-hybridized carbons (Fsp3) is 0.312. The standard InChI is InChI=1S/C16H15FN4O3S/c1-9-11(14(22)21(2)15(23)18-9)7-13-19-20-16(24-13)25-8-10-5-3-4-6-12(10)17/h3-6,11H,7-8H2,1-2H3. The molecule has 0 N–H and O–H groups in total. The molecule has 0 saturated heterocycles. The Balaban J connectivity index is 1.66. The van der Waals surface area contributed by atoms with E-state index in [1.807, 2.05) is 0 Å². The summed E-state index contributed by atoms with van der Waals surface area (Å²) in [4.78, 5) is 28.5. The van der Waals surface area contributed by atoms with Crippen LogP contribution in [0.1, 0.15) is 18.4 Å². The number of aromatic nitrogens is 2. The van der Waals surface area contributed by atoms with Crippen LogP contribution < -0.4 is 0 Å². The fourth-order valence-electron chi connectivity index (χ4n) is 2.35. The largest absolute Gasteiger partial charge is 0.416 e. The molecule has 0 fully saturated rings. The lowest BCUT2D eigenvalue weighted by Gasteiger charge is -2.24. The first-order valence-electron chi connectivity index (χ1n) is 7.51. The Morgan fingerprint density at radius 2 is 2.04 bits per heavy atom. The van der Waals surface area contributed by atoms with Gasteiger partial charge in [-0.3, -0.25) is 9.69 Å². The van der Waals surface area contributed by atoms with Crippen LogP contribution in [-0.2, 0) is 17.0 Å². The third-order valence-corrected chi connectivity index (χ3v) is 4.70. The molecule has 2 heterocycles. The van der Waals surface area contributed by atoms with Gasteiger partial charge in [-0.25, -0.2) is 14.2 Å². The lowest BCUT2D eigenvalue weighted by Crippen LogP contribution is -2.44. The van der Waals surface area contributed by atoms with Gasteiger partial charge in [-0.15, -0.1) is 10.2 Å². The van der Waals surface area contributed by atoms with Gasteiger partial charge in [0.2, 0.25) is 11.8 Å². The van der Waals surface area contributed by atoms with Gasteiger partial charge in [0, 0.05) is 24.9 Å². The van der Waals surface area contributed by atoms with Crippen LogP contribution in [0.15, 0.2) is 38.9 Å². The highest BCUT2D eigenvalue weighted by Gasteiger charge is 2.34. The van der Waals surface area contributed by atoms with E-state index in [2.05, 4.69) is 15.2 Å². The third kappa shape index (κ3) is 3.76. The number of aliphatic imine (C=N–C) groups is 1. The van der Waals surface area contributed by atoms with E-state index in [0.29, 0.717) is 22.3 Å². The second kappa shape index (κ2) is 7.14. The zero-order chi connectivity index (χ0) is 18.0. The van der Waals surface area contributed by atoms with Crippen LogP contribution in [0.2, 0.25) is 0 Å². The number of benzene rings is 1. The van der Waals surface area contributed by atoms with Crippen LogP contribution in [0.5, 0.6) is 0 Å². The number of thioether (sulfide) groups is 1. The van der Waals surface area contributed by atoms with Gasteiger partial charge in [0.15, 0.2) is 0 Å². The minimum Gasteiger partial charge on any atom is -0.416 e. The summed E-state index contributed by atoms with van der Waals surface area (Å²) in [6.45, 7) is 1.62. The van der Waals surface area contributed by atoms with Gasteiger partial charge >= 0.3 is 6.03 Å². The van der Waals surface area contributed by atoms with Gasteiger partial charge < -0.3 is 4.42 Å². The maximum absolute atomic E-state index is 13.6. The normalized spacial score (nSPS) is 17.8. The van der Waals surface area contributed by atoms with Crippen molar-refractivity contribution in [1.82, 2.24) is 15.1 Å². The number of urea groups is 1. The van der Waals surface area contributed by atoms with Gasteiger partial charge in [-0.05, 0) is 18.6 Å². The molecule has 25 heavy (non-hydrogen) atoms. The molecule has 7 nitrogen and oxygen atoms in total. The lowest BCUT2D eigenvalue weighted by atomic mass is 9.97. The summed E-state index contributed by atoms with van der Waals surface area (Å²) in [5, 5.41) is 8.11. The molecular weight excluding hydrogens is 347 g/mol. The molecule has 2 aromatic rings. The SMILES string of the molecule is CC1=NC(=O)N(C)C(=O)C1Cc1nnc(SCc2ccccc2F)o1. The highest BCUT2D eigenvalue weighted by molar-refractivity contribution is 7.98. The number of hydrogen-bond donors (Lipinski definition) is 0. The molecule has 0 spiro atoms. The minimum atomic E-state index is -0.604. The molecule has 0 saturated carbocycles. The van der Waals surface area contributed by atoms with E-state index in [0.717, 1.165) is 4.90 Å². The predicted molar refractivity (Wildman–Crippen MR) is 88.7 cm³/mol. The van der Waals surface area contributed by atoms with E-state index in [9.17, 15) is 14.0 Å². The number of rotatable bonds is 5. The fourth-order valence-corrected chi connectivity index (χ4v) is 3.12. The zero-order valence-electron chi connectivity index (χ0n) is 13.6. The van der Waals surface area contributed by atoms with Crippen LogP contribution in [0.4, 0.5) is 9.18 Å². The smallest absolute Gasteiger partial charge is 0.349 e. The molecule has 0 bridgehead atoms. The van der Waals surface area contributed by atoms with Crippen molar-refractivity contribution in [2.45, 2.75) is 24.3 Å². The van der Waals surface area contributed by atoms with Crippen LogP contribution in [-0.4, -0.2) is 39.8 Å². The third-order valence-electron chi connectivity index (χ3n) is 3.83. The molecule has 1 aliphatic rings. The lowest BCUT2D eigenvalue weighted by molar-refractivity contribution is -0.129. The van der Waals surface area contributed by atoms with Crippen LogP contribution >= 0.6 is 11.8 Å². The van der Waals surface area contributed by atoms with E-state index in [-0.39, 0.29) is 24.0 Å². The molecule has 1 aliphatic heterocycles. The maximum atomic E-state index is 13.6. The average Bonchev–Trinajstić information content (AvgIpc) is 3.04. The summed E-state index contributed by atoms with van der Waals surface area (Å²) in [6, 6.07) is 5.88. The highest BCUT2D eigenvalue weighted by atomic mass is 32.2. The molecular formula is C16H15FN4O3S. The second-order valence-corrected chi connectivity index (χ2v) is 6.46. The van der Waals surface area contributed by atoms with Crippen molar-refractivity contribution in [1.29, 1.82) is 0 Å². The molecule has 1 atom stereocenters. The summed E-state index contributed by atoms with van der Waals surface area (Å²) in [7, 11) is 1.39. The van der Waals surface area contributed by atoms with Crippen molar-refractivity contribution in [2.75, 3.05) is 7.05 Å². The number of halogens is 1. The number of carbonyl (C=O) groups excluding carboxylic acids is 2. The monoisotopic (exact) mass is 362 g/mol. The first-order chi connectivity index (χ1) is 12.0. The van der Waals surface area contributed by atoms with Gasteiger partial charge in [0.05, 0.1) is 5.92 Å². The van der Waals surface area contributed by atoms with Crippen molar-refractivity contribution < 1.29 is 18.4 Å². The molecule has 3 amide bonds. The van der Waals surface area contributed by atoms with Crippen LogP contribution in [0, 0.1) is 11.7 Å². The molecule has 1 unspecified atom stereocenters. The summed E-state index contributed by atoms with van der Waals surface area (Å²) >= 11 is 1.21. The number of hydrogen-bond acceptors (Lipinski definition) is 6. The number of carbonyl (C=O) groups is 2. The first-order valence-corrected chi connectivity index (χ1v) is 8.49. The minimum absolute atomic E-state index is 0.166. The molecule has 130 valence electrons. The van der Waals surface area contributed by atoms with Crippen molar-refractivity contribution in [2.24, 2.45) is 10.9 Å². The molecule has 0 radical (unpaired) electrons. The number of amides is 3. The predicted octanol–water partition coefficient (Wildman–Crippen LogP) is 2.71. The van der Waals surface area contributed by atoms with Crippen molar-refractivity contribution in [3.05, 3.63) is 41.5 Å². The molecule has 0 aliphatic carbocycles. The Kier molecular flexibility index (Phi) is 4.93. The van der Waals surface area contributed by atoms with Crippen molar-refractivity contribution >= 4 is 29.4 Å². The Labute approximate surface area is 147 Å². The Morgan fingerprint density at radius 1 is 1.28 bits per heavy atom. The Morgan fingerprint density at radius 3 is 2.80 bits per heavy atom. The summed E-state index contributed by atoms with van der Waals surface area (Å²) in [5.41, 5.74) is 0.963. The van der Waals surface area contributed by atoms with E-state index in [1.165, 1.54) is 24.9 Å². The van der Waals surface area contributed by atoms with E-state index < -0.39 is 11.9 Å². The summed E-state index contributed by atoms with van der Waals surface area (Å²) in [6.07, 6.45) is 0.166. The number of nitrogens with zero attached hydrogens (tertiary/aromatic N) is 4. The van der Waals surface area contributed by atoms with Crippen LogP contribution in [0.3, 0.4) is 0 Å². The van der Waals surface area contributed by atoms with Gasteiger partial charge in [0.25, 0.3) is 5.22 Å². The van der Waals surface area contributed by atoms with Crippen molar-refractivity contribution in [3.8, 4) is 0 Å². The van der Waals surface area contributed by atoms with Crippen molar-refractivity contribution in [3.63, 3.8) is 0 Å². The quantitative estimate of drug-likeness (QED) is 0.760. The van der Waals surface area contributed by atoms with E-state index in [1.54, 1.807) is 25.1 Å².